The lowest BCUT2D eigenvalue weighted by Crippen LogP contribution is -2.57. The van der Waals surface area contributed by atoms with Crippen molar-refractivity contribution in [1.29, 1.82) is 0 Å². The number of hydrogen-bond acceptors (Lipinski definition) is 3. The van der Waals surface area contributed by atoms with Gasteiger partial charge in [-0.1, -0.05) is 82.2 Å². The molecule has 1 aliphatic rings. The predicted molar refractivity (Wildman–Crippen MR) is 113 cm³/mol. The fourth-order valence-corrected chi connectivity index (χ4v) is 2.60. The smallest absolute Gasteiger partial charge is 0.200 e. The van der Waals surface area contributed by atoms with Crippen LogP contribution in [-0.4, -0.2) is 17.6 Å². The maximum atomic E-state index is 5.71. The van der Waals surface area contributed by atoms with E-state index in [0.717, 1.165) is 5.56 Å². The third-order valence-electron chi connectivity index (χ3n) is 4.07. The number of rotatable bonds is 7. The van der Waals surface area contributed by atoms with Crippen LogP contribution >= 0.6 is 0 Å². The van der Waals surface area contributed by atoms with E-state index >= 15 is 0 Å². The Labute approximate surface area is 159 Å². The summed E-state index contributed by atoms with van der Waals surface area (Å²) < 4.78 is 0. The Kier molecular flexibility index (Phi) is 9.78. The second-order valence-electron chi connectivity index (χ2n) is 7.37. The lowest BCUT2D eigenvalue weighted by molar-refractivity contribution is 0.467. The standard InChI is InChI=1S/C13H19N5.C8H18/c1-9-4-6-10(7-5-9)8-15-12-16-11(14)17-13(2,3)18-12;1-3-5-7-8-6-4-2/h4-7H,8H2,1-3H3,(H4,14,15,16,17,18);3-8H2,1-2H3. The van der Waals surface area contributed by atoms with Gasteiger partial charge in [0, 0.05) is 0 Å². The molecule has 0 atom stereocenters. The van der Waals surface area contributed by atoms with Crippen molar-refractivity contribution in [3.63, 3.8) is 0 Å². The molecule has 1 aromatic carbocycles. The molecule has 146 valence electrons. The first-order chi connectivity index (χ1) is 12.4. The third-order valence-corrected chi connectivity index (χ3v) is 4.07. The van der Waals surface area contributed by atoms with Gasteiger partial charge in [-0.25, -0.2) is 9.98 Å². The fraction of sp³-hybridized carbons (Fsp3) is 0.619. The van der Waals surface area contributed by atoms with Crippen LogP contribution in [0, 0.1) is 6.92 Å². The maximum Gasteiger partial charge on any atom is 0.200 e. The van der Waals surface area contributed by atoms with Gasteiger partial charge >= 0.3 is 0 Å². The van der Waals surface area contributed by atoms with Crippen molar-refractivity contribution in [3.8, 4) is 0 Å². The molecule has 5 nitrogen and oxygen atoms in total. The highest BCUT2D eigenvalue weighted by Crippen LogP contribution is 2.08. The Morgan fingerprint density at radius 2 is 1.58 bits per heavy atom. The van der Waals surface area contributed by atoms with E-state index in [4.69, 9.17) is 5.73 Å². The van der Waals surface area contributed by atoms with E-state index in [0.29, 0.717) is 18.5 Å². The van der Waals surface area contributed by atoms with Crippen LogP contribution in [0.15, 0.2) is 34.3 Å². The number of aliphatic imine (C=N–C) groups is 2. The van der Waals surface area contributed by atoms with Crippen molar-refractivity contribution < 1.29 is 0 Å². The lowest BCUT2D eigenvalue weighted by Gasteiger charge is -2.29. The molecule has 0 saturated heterocycles. The molecule has 0 aliphatic carbocycles. The minimum atomic E-state index is -0.415. The molecule has 0 amide bonds. The van der Waals surface area contributed by atoms with E-state index < -0.39 is 5.66 Å². The van der Waals surface area contributed by atoms with Crippen LogP contribution in [0.1, 0.15) is 77.3 Å². The zero-order valence-electron chi connectivity index (χ0n) is 17.2. The molecule has 0 radical (unpaired) electrons. The summed E-state index contributed by atoms with van der Waals surface area (Å²) in [5.41, 5.74) is 7.70. The van der Waals surface area contributed by atoms with Crippen molar-refractivity contribution in [2.24, 2.45) is 15.7 Å². The largest absolute Gasteiger partial charge is 0.370 e. The molecule has 5 heteroatoms. The highest BCUT2D eigenvalue weighted by atomic mass is 15.4. The molecule has 0 spiro atoms. The molecular formula is C21H37N5. The van der Waals surface area contributed by atoms with Gasteiger partial charge in [-0.15, -0.1) is 0 Å². The van der Waals surface area contributed by atoms with Crippen molar-refractivity contribution in [1.82, 2.24) is 10.6 Å². The summed E-state index contributed by atoms with van der Waals surface area (Å²) in [6, 6.07) is 8.31. The van der Waals surface area contributed by atoms with Gasteiger partial charge in [0.1, 0.15) is 5.66 Å². The summed E-state index contributed by atoms with van der Waals surface area (Å²) in [4.78, 5) is 8.69. The quantitative estimate of drug-likeness (QED) is 0.629. The highest BCUT2D eigenvalue weighted by Gasteiger charge is 2.23. The van der Waals surface area contributed by atoms with E-state index in [1.807, 2.05) is 13.8 Å². The van der Waals surface area contributed by atoms with E-state index in [-0.39, 0.29) is 0 Å². The van der Waals surface area contributed by atoms with Gasteiger partial charge in [-0.2, -0.15) is 0 Å². The number of benzene rings is 1. The molecule has 0 unspecified atom stereocenters. The zero-order chi connectivity index (χ0) is 19.4. The number of unbranched alkanes of at least 4 members (excludes halogenated alkanes) is 5. The van der Waals surface area contributed by atoms with Crippen LogP contribution in [0.4, 0.5) is 0 Å². The summed E-state index contributed by atoms with van der Waals surface area (Å²) in [5, 5.41) is 6.10. The average molecular weight is 360 g/mol. The van der Waals surface area contributed by atoms with Gasteiger partial charge in [-0.05, 0) is 26.3 Å². The maximum absolute atomic E-state index is 5.71. The van der Waals surface area contributed by atoms with Crippen LogP contribution in [-0.2, 0) is 6.54 Å². The topological polar surface area (TPSA) is 74.8 Å². The van der Waals surface area contributed by atoms with Crippen LogP contribution < -0.4 is 16.4 Å². The van der Waals surface area contributed by atoms with Gasteiger partial charge < -0.3 is 11.1 Å². The summed E-state index contributed by atoms with van der Waals surface area (Å²) in [5.74, 6) is 1.05. The third kappa shape index (κ3) is 9.44. The minimum Gasteiger partial charge on any atom is -0.370 e. The second-order valence-corrected chi connectivity index (χ2v) is 7.37. The molecule has 0 bridgehead atoms. The molecule has 2 rings (SSSR count). The van der Waals surface area contributed by atoms with Crippen LogP contribution in [0.5, 0.6) is 0 Å². The molecule has 4 N–H and O–H groups in total. The Morgan fingerprint density at radius 1 is 1.00 bits per heavy atom. The van der Waals surface area contributed by atoms with Crippen LogP contribution in [0.25, 0.3) is 0 Å². The zero-order valence-corrected chi connectivity index (χ0v) is 17.2. The van der Waals surface area contributed by atoms with E-state index in [2.05, 4.69) is 65.7 Å². The summed E-state index contributed by atoms with van der Waals surface area (Å²) in [6.07, 6.45) is 8.49. The van der Waals surface area contributed by atoms with Crippen LogP contribution in [0.2, 0.25) is 0 Å². The SMILES string of the molecule is CCCCCCCC.Cc1ccc(CN=C2NC(N)=NC(C)(C)N2)cc1. The molecule has 1 aromatic rings. The molecule has 0 aromatic heterocycles. The summed E-state index contributed by atoms with van der Waals surface area (Å²) in [7, 11) is 0. The molecule has 0 fully saturated rings. The summed E-state index contributed by atoms with van der Waals surface area (Å²) >= 11 is 0. The number of aryl methyl sites for hydroxylation is 1. The molecule has 1 aliphatic heterocycles. The lowest BCUT2D eigenvalue weighted by atomic mass is 10.1. The number of hydrogen-bond donors (Lipinski definition) is 3. The molecular weight excluding hydrogens is 322 g/mol. The van der Waals surface area contributed by atoms with Gasteiger partial charge in [0.15, 0.2) is 11.9 Å². The molecule has 26 heavy (non-hydrogen) atoms. The molecule has 0 saturated carbocycles. The van der Waals surface area contributed by atoms with Gasteiger partial charge in [-0.3, -0.25) is 5.32 Å². The summed E-state index contributed by atoms with van der Waals surface area (Å²) in [6.45, 7) is 11.1. The number of guanidine groups is 2. The van der Waals surface area contributed by atoms with Crippen molar-refractivity contribution in [2.75, 3.05) is 0 Å². The van der Waals surface area contributed by atoms with Gasteiger partial charge in [0.2, 0.25) is 0 Å². The van der Waals surface area contributed by atoms with Crippen LogP contribution in [0.3, 0.4) is 0 Å². The Morgan fingerprint density at radius 3 is 2.08 bits per heavy atom. The van der Waals surface area contributed by atoms with Gasteiger partial charge in [0.25, 0.3) is 0 Å². The minimum absolute atomic E-state index is 0.390. The fourth-order valence-electron chi connectivity index (χ4n) is 2.60. The van der Waals surface area contributed by atoms with E-state index in [1.165, 1.54) is 44.1 Å². The molecule has 1 heterocycles. The van der Waals surface area contributed by atoms with Crippen molar-refractivity contribution in [3.05, 3.63) is 35.4 Å². The monoisotopic (exact) mass is 359 g/mol. The predicted octanol–water partition coefficient (Wildman–Crippen LogP) is 4.46. The van der Waals surface area contributed by atoms with Gasteiger partial charge in [0.05, 0.1) is 6.54 Å². The van der Waals surface area contributed by atoms with E-state index in [1.54, 1.807) is 0 Å². The Bertz CT molecular complexity index is 567. The van der Waals surface area contributed by atoms with Crippen molar-refractivity contribution >= 4 is 11.9 Å². The second kappa shape index (κ2) is 11.6. The first-order valence-corrected chi connectivity index (χ1v) is 9.86. The highest BCUT2D eigenvalue weighted by molar-refractivity contribution is 6.00. The van der Waals surface area contributed by atoms with Crippen molar-refractivity contribution in [2.45, 2.75) is 85.4 Å². The Hall–Kier alpha value is -2.04. The van der Waals surface area contributed by atoms with E-state index in [9.17, 15) is 0 Å². The average Bonchev–Trinajstić information content (AvgIpc) is 2.57. The number of nitrogens with one attached hydrogen (secondary N) is 2. The Balaban J connectivity index is 0.000000359. The first-order valence-electron chi connectivity index (χ1n) is 9.86. The first kappa shape index (κ1) is 22.0. The normalized spacial score (nSPS) is 16.8. The number of nitrogens with two attached hydrogens (primary N) is 1. The number of nitrogens with zero attached hydrogens (tertiary/aromatic N) is 2.